The molecule has 1 fully saturated rings. The Kier molecular flexibility index (Phi) is 9.36. The van der Waals surface area contributed by atoms with Crippen molar-refractivity contribution in [3.63, 3.8) is 0 Å². The van der Waals surface area contributed by atoms with Gasteiger partial charge in [0, 0.05) is 12.1 Å². The minimum absolute atomic E-state index is 0.113. The molecular weight excluding hydrogens is 388 g/mol. The van der Waals surface area contributed by atoms with Crippen LogP contribution in [0, 0.1) is 5.82 Å². The first kappa shape index (κ1) is 23.3. The van der Waals surface area contributed by atoms with Crippen molar-refractivity contribution in [3.8, 4) is 0 Å². The summed E-state index contributed by atoms with van der Waals surface area (Å²) in [5, 5.41) is 4.19. The van der Waals surface area contributed by atoms with Crippen molar-refractivity contribution < 1.29 is 41.4 Å². The Balaban J connectivity index is 0.000000696. The molecule has 0 spiro atoms. The summed E-state index contributed by atoms with van der Waals surface area (Å²) in [6.45, 7) is 2.50. The summed E-state index contributed by atoms with van der Waals surface area (Å²) in [4.78, 5) is 32.6. The molecule has 0 bridgehead atoms. The second kappa shape index (κ2) is 11.2. The molecule has 11 heteroatoms. The van der Waals surface area contributed by atoms with Crippen LogP contribution in [-0.4, -0.2) is 49.8 Å². The average Bonchev–Trinajstić information content (AvgIpc) is 3.45. The molecule has 0 saturated carbocycles. The smallest absolute Gasteiger partial charge is 0.391 e. The normalized spacial score (nSPS) is 16.1. The molecule has 7 nitrogen and oxygen atoms in total. The summed E-state index contributed by atoms with van der Waals surface area (Å²) in [5.41, 5.74) is 0.128. The van der Waals surface area contributed by atoms with Crippen molar-refractivity contribution >= 4 is 18.3 Å². The fraction of sp³-hybridized carbons (Fsp3) is 0.471. The molecule has 2 rings (SSSR count). The topological polar surface area (TPSA) is 97.0 Å². The predicted molar refractivity (Wildman–Crippen MR) is 88.3 cm³/mol. The zero-order valence-corrected chi connectivity index (χ0v) is 14.9. The lowest BCUT2D eigenvalue weighted by atomic mass is 10.1. The van der Waals surface area contributed by atoms with Crippen LogP contribution < -0.4 is 10.6 Å². The molecule has 2 N–H and O–H groups in total. The Morgan fingerprint density at radius 1 is 1.36 bits per heavy atom. The van der Waals surface area contributed by atoms with Crippen LogP contribution in [0.3, 0.4) is 0 Å². The van der Waals surface area contributed by atoms with E-state index >= 15 is 0 Å². The quantitative estimate of drug-likeness (QED) is 0.386. The van der Waals surface area contributed by atoms with E-state index in [1.807, 2.05) is 5.32 Å². The third kappa shape index (κ3) is 9.31. The molecule has 1 saturated heterocycles. The first-order valence-corrected chi connectivity index (χ1v) is 8.23. The van der Waals surface area contributed by atoms with E-state index in [0.29, 0.717) is 13.1 Å². The van der Waals surface area contributed by atoms with Gasteiger partial charge in [-0.3, -0.25) is 14.4 Å². The maximum Gasteiger partial charge on any atom is 0.391 e. The van der Waals surface area contributed by atoms with Crippen molar-refractivity contribution in [1.29, 1.82) is 0 Å². The van der Waals surface area contributed by atoms with Crippen LogP contribution in [0.15, 0.2) is 24.3 Å². The number of epoxide rings is 1. The van der Waals surface area contributed by atoms with E-state index in [1.54, 1.807) is 6.92 Å². The van der Waals surface area contributed by atoms with Gasteiger partial charge in [-0.25, -0.2) is 4.39 Å². The molecule has 1 aliphatic heterocycles. The molecule has 1 aliphatic rings. The first-order valence-electron chi connectivity index (χ1n) is 8.23. The molecule has 28 heavy (non-hydrogen) atoms. The fourth-order valence-corrected chi connectivity index (χ4v) is 1.92. The van der Waals surface area contributed by atoms with Gasteiger partial charge in [0.2, 0.25) is 5.91 Å². The van der Waals surface area contributed by atoms with Gasteiger partial charge in [-0.1, -0.05) is 18.2 Å². The van der Waals surface area contributed by atoms with Gasteiger partial charge in [0.05, 0.1) is 19.6 Å². The maximum absolute atomic E-state index is 13.4. The highest BCUT2D eigenvalue weighted by Crippen LogP contribution is 2.22. The van der Waals surface area contributed by atoms with Gasteiger partial charge in [0.15, 0.2) is 6.10 Å². The number of amides is 2. The van der Waals surface area contributed by atoms with Crippen LogP contribution in [0.1, 0.15) is 18.9 Å². The lowest BCUT2D eigenvalue weighted by Gasteiger charge is -2.19. The summed E-state index contributed by atoms with van der Waals surface area (Å²) in [6, 6.07) is 3.75. The van der Waals surface area contributed by atoms with E-state index in [4.69, 9.17) is 0 Å². The number of halogens is 4. The number of hydrogen-bond acceptors (Lipinski definition) is 5. The van der Waals surface area contributed by atoms with Crippen molar-refractivity contribution in [2.75, 3.05) is 13.2 Å². The van der Waals surface area contributed by atoms with Crippen molar-refractivity contribution in [2.24, 2.45) is 0 Å². The number of rotatable bonds is 8. The highest BCUT2D eigenvalue weighted by Gasteiger charge is 2.39. The second-order valence-corrected chi connectivity index (χ2v) is 5.56. The van der Waals surface area contributed by atoms with Crippen LogP contribution >= 0.6 is 0 Å². The zero-order chi connectivity index (χ0) is 21.2. The highest BCUT2D eigenvalue weighted by atomic mass is 19.4. The molecule has 156 valence electrons. The number of carbonyl (C=O) groups is 3. The van der Waals surface area contributed by atoms with Gasteiger partial charge in [-0.15, -0.1) is 0 Å². The van der Waals surface area contributed by atoms with E-state index < -0.39 is 42.4 Å². The van der Waals surface area contributed by atoms with Crippen LogP contribution in [0.4, 0.5) is 17.6 Å². The van der Waals surface area contributed by atoms with Crippen LogP contribution in [-0.2, 0) is 30.4 Å². The molecule has 0 aliphatic carbocycles. The number of alkyl halides is 3. The van der Waals surface area contributed by atoms with E-state index in [9.17, 15) is 31.9 Å². The average molecular weight is 408 g/mol. The number of benzene rings is 1. The summed E-state index contributed by atoms with van der Waals surface area (Å²) in [5.74, 6) is -2.41. The predicted octanol–water partition coefficient (Wildman–Crippen LogP) is 1.46. The molecule has 2 amide bonds. The Bertz CT molecular complexity index is 665. The number of carbonyl (C=O) groups excluding carboxylic acids is 3. The molecular formula is C17H20F4N2O5. The largest absolute Gasteiger partial charge is 0.468 e. The Hall–Kier alpha value is -2.69. The van der Waals surface area contributed by atoms with E-state index in [-0.39, 0.29) is 18.7 Å². The van der Waals surface area contributed by atoms with E-state index in [0.717, 1.165) is 0 Å². The van der Waals surface area contributed by atoms with Crippen LogP contribution in [0.2, 0.25) is 0 Å². The number of hydrogen-bond donors (Lipinski definition) is 2. The maximum atomic E-state index is 13.4. The third-order valence-electron chi connectivity index (χ3n) is 3.34. The van der Waals surface area contributed by atoms with E-state index in [1.165, 1.54) is 24.3 Å². The summed E-state index contributed by atoms with van der Waals surface area (Å²) in [7, 11) is 0. The van der Waals surface area contributed by atoms with Crippen molar-refractivity contribution in [1.82, 2.24) is 10.6 Å². The summed E-state index contributed by atoms with van der Waals surface area (Å²) < 4.78 is 59.8. The summed E-state index contributed by atoms with van der Waals surface area (Å²) in [6.07, 6.45) is -6.98. The first-order chi connectivity index (χ1) is 13.2. The lowest BCUT2D eigenvalue weighted by Crippen LogP contribution is -2.49. The highest BCUT2D eigenvalue weighted by molar-refractivity contribution is 5.90. The zero-order valence-electron chi connectivity index (χ0n) is 14.9. The van der Waals surface area contributed by atoms with E-state index in [2.05, 4.69) is 14.8 Å². The van der Waals surface area contributed by atoms with Crippen LogP contribution in [0.25, 0.3) is 0 Å². The van der Waals surface area contributed by atoms with Gasteiger partial charge in [0.25, 0.3) is 12.4 Å². The SMILES string of the molecule is CCOC=O.O=C(NCc1ccccc1F)[C@H](CC(F)(F)F)NC(=O)[C@@H]1CO1. The third-order valence-corrected chi connectivity index (χ3v) is 3.34. The van der Waals surface area contributed by atoms with Gasteiger partial charge in [-0.2, -0.15) is 13.2 Å². The second-order valence-electron chi connectivity index (χ2n) is 5.56. The molecule has 2 atom stereocenters. The van der Waals surface area contributed by atoms with Gasteiger partial charge in [0.1, 0.15) is 11.9 Å². The number of nitrogens with one attached hydrogen (secondary N) is 2. The fourth-order valence-electron chi connectivity index (χ4n) is 1.92. The molecule has 0 radical (unpaired) electrons. The standard InChI is InChI=1S/C14H14F4N2O3.C3H6O2/c15-9-4-2-1-3-8(9)6-19-12(21)10(5-14(16,17)18)20-13(22)11-7-23-11;1-2-5-3-4/h1-4,10-11H,5-7H2,(H,19,21)(H,20,22);3H,2H2,1H3/t10-,11-;/m0./s1. The van der Waals surface area contributed by atoms with Crippen molar-refractivity contribution in [2.45, 2.75) is 38.2 Å². The van der Waals surface area contributed by atoms with Crippen molar-refractivity contribution in [3.05, 3.63) is 35.6 Å². The summed E-state index contributed by atoms with van der Waals surface area (Å²) >= 11 is 0. The van der Waals surface area contributed by atoms with Gasteiger partial charge < -0.3 is 20.1 Å². The molecule has 0 unspecified atom stereocenters. The van der Waals surface area contributed by atoms with Crippen LogP contribution in [0.5, 0.6) is 0 Å². The minimum atomic E-state index is -4.64. The Morgan fingerprint density at radius 3 is 2.46 bits per heavy atom. The molecule has 1 heterocycles. The molecule has 1 aromatic rings. The Labute approximate surface area is 158 Å². The molecule has 1 aromatic carbocycles. The van der Waals surface area contributed by atoms with Gasteiger partial charge in [-0.05, 0) is 13.0 Å². The molecule has 0 aromatic heterocycles. The lowest BCUT2D eigenvalue weighted by molar-refractivity contribution is -0.151. The number of ether oxygens (including phenoxy) is 2. The minimum Gasteiger partial charge on any atom is -0.468 e. The monoisotopic (exact) mass is 408 g/mol. The van der Waals surface area contributed by atoms with Gasteiger partial charge >= 0.3 is 6.18 Å². The Morgan fingerprint density at radius 2 is 2.00 bits per heavy atom.